The van der Waals surface area contributed by atoms with E-state index >= 15 is 0 Å². The van der Waals surface area contributed by atoms with E-state index < -0.39 is 12.0 Å². The summed E-state index contributed by atoms with van der Waals surface area (Å²) in [6.45, 7) is 1.74. The van der Waals surface area contributed by atoms with Crippen LogP contribution in [-0.2, 0) is 11.2 Å². The molecule has 7 nitrogen and oxygen atoms in total. The molecule has 0 aliphatic rings. The minimum absolute atomic E-state index is 0.305. The minimum Gasteiger partial charge on any atom is -0.480 e. The normalized spacial score (nSPS) is 11.9. The zero-order valence-electron chi connectivity index (χ0n) is 13.6. The quantitative estimate of drug-likeness (QED) is 0.731. The van der Waals surface area contributed by atoms with Crippen LogP contribution in [0.2, 0.25) is 0 Å². The highest BCUT2D eigenvalue weighted by atomic mass is 16.4. The summed E-state index contributed by atoms with van der Waals surface area (Å²) in [4.78, 5) is 10.8. The van der Waals surface area contributed by atoms with Gasteiger partial charge in [-0.05, 0) is 30.0 Å². The van der Waals surface area contributed by atoms with Crippen LogP contribution in [0.15, 0.2) is 48.5 Å². The van der Waals surface area contributed by atoms with Crippen molar-refractivity contribution in [3.63, 3.8) is 0 Å². The van der Waals surface area contributed by atoms with Gasteiger partial charge in [-0.15, -0.1) is 20.4 Å². The molecule has 2 aromatic carbocycles. The van der Waals surface area contributed by atoms with Crippen LogP contribution < -0.4 is 5.73 Å². The van der Waals surface area contributed by atoms with E-state index in [9.17, 15) is 4.79 Å². The maximum atomic E-state index is 10.8. The summed E-state index contributed by atoms with van der Waals surface area (Å²) in [6.07, 6.45) is 0.305. The number of hydrogen-bond acceptors (Lipinski definition) is 6. The summed E-state index contributed by atoms with van der Waals surface area (Å²) in [7, 11) is 0. The number of benzene rings is 2. The van der Waals surface area contributed by atoms with Gasteiger partial charge < -0.3 is 10.8 Å². The van der Waals surface area contributed by atoms with E-state index in [1.54, 1.807) is 6.92 Å². The fraction of sp³-hybridized carbons (Fsp3) is 0.167. The topological polar surface area (TPSA) is 115 Å². The third kappa shape index (κ3) is 4.02. The Morgan fingerprint density at radius 2 is 1.40 bits per heavy atom. The van der Waals surface area contributed by atoms with Gasteiger partial charge >= 0.3 is 5.97 Å². The molecule has 7 heteroatoms. The van der Waals surface area contributed by atoms with Crippen molar-refractivity contribution in [3.8, 4) is 22.5 Å². The molecule has 0 fully saturated rings. The van der Waals surface area contributed by atoms with Gasteiger partial charge in [0.2, 0.25) is 5.82 Å². The number of aromatic nitrogens is 4. The molecule has 3 rings (SSSR count). The van der Waals surface area contributed by atoms with Gasteiger partial charge in [-0.25, -0.2) is 0 Å². The van der Waals surface area contributed by atoms with Crippen LogP contribution in [0, 0.1) is 6.92 Å². The second-order valence-corrected chi connectivity index (χ2v) is 5.69. The molecular formula is C18H17N5O2. The predicted octanol–water partition coefficient (Wildman–Crippen LogP) is 1.86. The van der Waals surface area contributed by atoms with Crippen molar-refractivity contribution in [2.45, 2.75) is 19.4 Å². The van der Waals surface area contributed by atoms with Gasteiger partial charge in [0.25, 0.3) is 0 Å². The van der Waals surface area contributed by atoms with Gasteiger partial charge in [0.1, 0.15) is 6.04 Å². The van der Waals surface area contributed by atoms with Gasteiger partial charge in [-0.2, -0.15) is 0 Å². The molecule has 0 saturated carbocycles. The number of carbonyl (C=O) groups is 1. The molecule has 0 saturated heterocycles. The summed E-state index contributed by atoms with van der Waals surface area (Å²) >= 11 is 0. The fourth-order valence-electron chi connectivity index (χ4n) is 2.38. The lowest BCUT2D eigenvalue weighted by Gasteiger charge is -2.08. The molecule has 3 N–H and O–H groups in total. The molecule has 1 aromatic heterocycles. The van der Waals surface area contributed by atoms with Crippen molar-refractivity contribution in [3.05, 3.63) is 59.9 Å². The lowest BCUT2D eigenvalue weighted by molar-refractivity contribution is -0.138. The Morgan fingerprint density at radius 3 is 1.92 bits per heavy atom. The first-order chi connectivity index (χ1) is 12.0. The SMILES string of the molecule is Cc1nnc(-c2ccc(-c3ccc(CC(N)C(=O)O)cc3)cc2)nn1. The summed E-state index contributed by atoms with van der Waals surface area (Å²) in [5.74, 6) is 0.0141. The minimum atomic E-state index is -0.998. The second-order valence-electron chi connectivity index (χ2n) is 5.69. The molecule has 1 atom stereocenters. The van der Waals surface area contributed by atoms with Crippen molar-refractivity contribution in [1.29, 1.82) is 0 Å². The number of nitrogens with two attached hydrogens (primary N) is 1. The average Bonchev–Trinajstić information content (AvgIpc) is 2.63. The van der Waals surface area contributed by atoms with Gasteiger partial charge in [0.05, 0.1) is 0 Å². The van der Waals surface area contributed by atoms with E-state index in [0.717, 1.165) is 22.3 Å². The fourth-order valence-corrected chi connectivity index (χ4v) is 2.38. The molecule has 1 heterocycles. The highest BCUT2D eigenvalue weighted by molar-refractivity contribution is 5.73. The molecule has 0 spiro atoms. The first-order valence-electron chi connectivity index (χ1n) is 7.75. The van der Waals surface area contributed by atoms with E-state index in [2.05, 4.69) is 20.4 Å². The van der Waals surface area contributed by atoms with Crippen LogP contribution in [0.3, 0.4) is 0 Å². The molecule has 0 aliphatic carbocycles. The Labute approximate surface area is 144 Å². The van der Waals surface area contributed by atoms with E-state index in [-0.39, 0.29) is 0 Å². The van der Waals surface area contributed by atoms with Crippen molar-refractivity contribution < 1.29 is 9.90 Å². The van der Waals surface area contributed by atoms with E-state index in [1.807, 2.05) is 48.5 Å². The second kappa shape index (κ2) is 7.14. The zero-order chi connectivity index (χ0) is 17.8. The maximum Gasteiger partial charge on any atom is 0.320 e. The maximum absolute atomic E-state index is 10.8. The van der Waals surface area contributed by atoms with Crippen LogP contribution in [-0.4, -0.2) is 37.5 Å². The first kappa shape index (κ1) is 16.7. The lowest BCUT2D eigenvalue weighted by Crippen LogP contribution is -2.32. The monoisotopic (exact) mass is 335 g/mol. The summed E-state index contributed by atoms with van der Waals surface area (Å²) < 4.78 is 0. The van der Waals surface area contributed by atoms with E-state index in [0.29, 0.717) is 18.1 Å². The van der Waals surface area contributed by atoms with Crippen LogP contribution >= 0.6 is 0 Å². The molecule has 0 aliphatic heterocycles. The summed E-state index contributed by atoms with van der Waals surface area (Å²) in [5, 5.41) is 24.7. The summed E-state index contributed by atoms with van der Waals surface area (Å²) in [6, 6.07) is 14.6. The van der Waals surface area contributed by atoms with Crippen LogP contribution in [0.4, 0.5) is 0 Å². The van der Waals surface area contributed by atoms with Crippen molar-refractivity contribution in [2.75, 3.05) is 0 Å². The third-order valence-corrected chi connectivity index (χ3v) is 3.78. The van der Waals surface area contributed by atoms with Gasteiger partial charge in [-0.1, -0.05) is 48.5 Å². The smallest absolute Gasteiger partial charge is 0.320 e. The average molecular weight is 335 g/mol. The molecule has 1 unspecified atom stereocenters. The molecule has 126 valence electrons. The Kier molecular flexibility index (Phi) is 4.76. The van der Waals surface area contributed by atoms with E-state index in [1.165, 1.54) is 0 Å². The Morgan fingerprint density at radius 1 is 0.920 bits per heavy atom. The lowest BCUT2D eigenvalue weighted by atomic mass is 10.00. The molecule has 3 aromatic rings. The van der Waals surface area contributed by atoms with Crippen molar-refractivity contribution >= 4 is 5.97 Å². The molecule has 25 heavy (non-hydrogen) atoms. The molecule has 0 bridgehead atoms. The number of carboxylic acid groups (broad SMARTS) is 1. The third-order valence-electron chi connectivity index (χ3n) is 3.78. The molecule has 0 radical (unpaired) electrons. The molecule has 0 amide bonds. The van der Waals surface area contributed by atoms with Gasteiger partial charge in [-0.3, -0.25) is 4.79 Å². The van der Waals surface area contributed by atoms with Crippen LogP contribution in [0.5, 0.6) is 0 Å². The first-order valence-corrected chi connectivity index (χ1v) is 7.75. The highest BCUT2D eigenvalue weighted by Gasteiger charge is 2.12. The Balaban J connectivity index is 1.76. The van der Waals surface area contributed by atoms with Crippen molar-refractivity contribution in [1.82, 2.24) is 20.4 Å². The largest absolute Gasteiger partial charge is 0.480 e. The number of hydrogen-bond donors (Lipinski definition) is 2. The highest BCUT2D eigenvalue weighted by Crippen LogP contribution is 2.23. The van der Waals surface area contributed by atoms with E-state index in [4.69, 9.17) is 10.8 Å². The van der Waals surface area contributed by atoms with Crippen molar-refractivity contribution in [2.24, 2.45) is 5.73 Å². The number of nitrogens with zero attached hydrogens (tertiary/aromatic N) is 4. The van der Waals surface area contributed by atoms with Gasteiger partial charge in [0, 0.05) is 5.56 Å². The number of aliphatic carboxylic acids is 1. The van der Waals surface area contributed by atoms with Crippen LogP contribution in [0.1, 0.15) is 11.4 Å². The summed E-state index contributed by atoms with van der Waals surface area (Å²) in [5.41, 5.74) is 9.35. The molecular weight excluding hydrogens is 318 g/mol. The number of carboxylic acids is 1. The number of aryl methyl sites for hydroxylation is 1. The Hall–Kier alpha value is -3.19. The van der Waals surface area contributed by atoms with Gasteiger partial charge in [0.15, 0.2) is 5.82 Å². The standard InChI is InChI=1S/C18H17N5O2/c1-11-20-22-17(23-21-11)15-8-6-14(7-9-15)13-4-2-12(3-5-13)10-16(19)18(24)25/h2-9,16H,10,19H2,1H3,(H,24,25). The predicted molar refractivity (Wildman–Crippen MR) is 92.5 cm³/mol. The van der Waals surface area contributed by atoms with Crippen LogP contribution in [0.25, 0.3) is 22.5 Å². The number of rotatable bonds is 5. The zero-order valence-corrected chi connectivity index (χ0v) is 13.6. The Bertz CT molecular complexity index is 861.